The number of carbonyl (C=O) groups is 1. The third kappa shape index (κ3) is 4.75. The van der Waals surface area contributed by atoms with Crippen molar-refractivity contribution in [1.82, 2.24) is 15.1 Å². The van der Waals surface area contributed by atoms with Gasteiger partial charge in [0.25, 0.3) is 0 Å². The summed E-state index contributed by atoms with van der Waals surface area (Å²) in [7, 11) is 0. The minimum atomic E-state index is 0.167. The number of nitrogens with two attached hydrogens (primary N) is 1. The van der Waals surface area contributed by atoms with E-state index in [4.69, 9.17) is 5.73 Å². The monoisotopic (exact) mass is 268 g/mol. The van der Waals surface area contributed by atoms with E-state index in [1.54, 1.807) is 0 Å². The third-order valence-electron chi connectivity index (χ3n) is 4.36. The third-order valence-corrected chi connectivity index (χ3v) is 4.36. The first kappa shape index (κ1) is 14.8. The lowest BCUT2D eigenvalue weighted by molar-refractivity contribution is -0.122. The van der Waals surface area contributed by atoms with Gasteiger partial charge in [-0.15, -0.1) is 0 Å². The van der Waals surface area contributed by atoms with Crippen molar-refractivity contribution >= 4 is 5.91 Å². The molecule has 5 nitrogen and oxygen atoms in total. The molecule has 110 valence electrons. The normalized spacial score (nSPS) is 23.3. The SMILES string of the molecule is CCN1CCN(CCC(=O)NC(CN)C2CC2)CC1. The minimum Gasteiger partial charge on any atom is -0.352 e. The van der Waals surface area contributed by atoms with Crippen LogP contribution in [0.2, 0.25) is 0 Å². The van der Waals surface area contributed by atoms with E-state index >= 15 is 0 Å². The molecule has 0 aromatic carbocycles. The van der Waals surface area contributed by atoms with Crippen LogP contribution in [0.4, 0.5) is 0 Å². The second-order valence-corrected chi connectivity index (χ2v) is 5.77. The van der Waals surface area contributed by atoms with E-state index in [1.165, 1.54) is 12.8 Å². The van der Waals surface area contributed by atoms with Gasteiger partial charge in [-0.3, -0.25) is 4.79 Å². The number of carbonyl (C=O) groups excluding carboxylic acids is 1. The zero-order valence-corrected chi connectivity index (χ0v) is 12.1. The molecule has 0 aromatic rings. The predicted octanol–water partition coefficient (Wildman–Crippen LogP) is -0.132. The van der Waals surface area contributed by atoms with Gasteiger partial charge in [-0.05, 0) is 25.3 Å². The molecule has 1 saturated heterocycles. The maximum Gasteiger partial charge on any atom is 0.221 e. The molecule has 2 aliphatic rings. The van der Waals surface area contributed by atoms with E-state index in [1.807, 2.05) is 0 Å². The fourth-order valence-electron chi connectivity index (χ4n) is 2.74. The van der Waals surface area contributed by atoms with Crippen LogP contribution in [0.1, 0.15) is 26.2 Å². The number of hydrogen-bond acceptors (Lipinski definition) is 4. The number of nitrogens with zero attached hydrogens (tertiary/aromatic N) is 2. The van der Waals surface area contributed by atoms with Crippen molar-refractivity contribution in [2.24, 2.45) is 11.7 Å². The molecule has 1 saturated carbocycles. The Kier molecular flexibility index (Phi) is 5.60. The van der Waals surface area contributed by atoms with Crippen molar-refractivity contribution in [3.63, 3.8) is 0 Å². The standard InChI is InChI=1S/C14H28N4O/c1-2-17-7-9-18(10-8-17)6-5-14(19)16-13(11-15)12-3-4-12/h12-13H,2-11,15H2,1H3,(H,16,19). The van der Waals surface area contributed by atoms with E-state index in [2.05, 4.69) is 22.0 Å². The molecule has 1 unspecified atom stereocenters. The van der Waals surface area contributed by atoms with Gasteiger partial charge in [0.05, 0.1) is 0 Å². The molecule has 19 heavy (non-hydrogen) atoms. The Morgan fingerprint density at radius 2 is 1.89 bits per heavy atom. The average Bonchev–Trinajstić information content (AvgIpc) is 3.27. The van der Waals surface area contributed by atoms with Crippen molar-refractivity contribution in [3.8, 4) is 0 Å². The highest BCUT2D eigenvalue weighted by Gasteiger charge is 2.31. The summed E-state index contributed by atoms with van der Waals surface area (Å²) in [4.78, 5) is 16.7. The number of rotatable bonds is 7. The van der Waals surface area contributed by atoms with Gasteiger partial charge in [-0.1, -0.05) is 6.92 Å². The summed E-state index contributed by atoms with van der Waals surface area (Å²) >= 11 is 0. The largest absolute Gasteiger partial charge is 0.352 e. The smallest absolute Gasteiger partial charge is 0.221 e. The second kappa shape index (κ2) is 7.22. The van der Waals surface area contributed by atoms with E-state index in [9.17, 15) is 4.79 Å². The quantitative estimate of drug-likeness (QED) is 0.675. The summed E-state index contributed by atoms with van der Waals surface area (Å²) in [5.74, 6) is 0.808. The van der Waals surface area contributed by atoms with Crippen LogP contribution >= 0.6 is 0 Å². The molecular formula is C14H28N4O. The first-order valence-corrected chi connectivity index (χ1v) is 7.67. The molecule has 0 aromatic heterocycles. The van der Waals surface area contributed by atoms with Gasteiger partial charge in [0.15, 0.2) is 0 Å². The molecule has 1 heterocycles. The lowest BCUT2D eigenvalue weighted by Crippen LogP contribution is -2.47. The summed E-state index contributed by atoms with van der Waals surface area (Å²) in [6.07, 6.45) is 3.05. The Labute approximate surface area is 116 Å². The first-order chi connectivity index (χ1) is 9.22. The van der Waals surface area contributed by atoms with Gasteiger partial charge in [0.2, 0.25) is 5.91 Å². The van der Waals surface area contributed by atoms with Crippen LogP contribution in [0.15, 0.2) is 0 Å². The van der Waals surface area contributed by atoms with Gasteiger partial charge in [0, 0.05) is 51.7 Å². The Bertz CT molecular complexity index is 285. The topological polar surface area (TPSA) is 61.6 Å². The van der Waals surface area contributed by atoms with Crippen LogP contribution in [-0.2, 0) is 4.79 Å². The van der Waals surface area contributed by atoms with Crippen molar-refractivity contribution < 1.29 is 4.79 Å². The summed E-state index contributed by atoms with van der Waals surface area (Å²) in [5.41, 5.74) is 5.70. The zero-order chi connectivity index (χ0) is 13.7. The Morgan fingerprint density at radius 1 is 1.26 bits per heavy atom. The molecule has 2 rings (SSSR count). The highest BCUT2D eigenvalue weighted by molar-refractivity contribution is 5.76. The summed E-state index contributed by atoms with van der Waals surface area (Å²) in [5, 5.41) is 3.09. The molecule has 0 spiro atoms. The lowest BCUT2D eigenvalue weighted by atomic mass is 10.2. The van der Waals surface area contributed by atoms with Gasteiger partial charge in [0.1, 0.15) is 0 Å². The van der Waals surface area contributed by atoms with E-state index in [0.717, 1.165) is 39.3 Å². The summed E-state index contributed by atoms with van der Waals surface area (Å²) in [6, 6.07) is 0.212. The number of piperazine rings is 1. The van der Waals surface area contributed by atoms with E-state index in [0.29, 0.717) is 18.9 Å². The van der Waals surface area contributed by atoms with Crippen LogP contribution in [0.25, 0.3) is 0 Å². The van der Waals surface area contributed by atoms with Gasteiger partial charge in [-0.2, -0.15) is 0 Å². The van der Waals surface area contributed by atoms with Gasteiger partial charge in [-0.25, -0.2) is 0 Å². The van der Waals surface area contributed by atoms with Crippen LogP contribution in [0.5, 0.6) is 0 Å². The van der Waals surface area contributed by atoms with Crippen molar-refractivity contribution in [2.75, 3.05) is 45.8 Å². The molecule has 1 aliphatic carbocycles. The zero-order valence-electron chi connectivity index (χ0n) is 12.1. The molecule has 3 N–H and O–H groups in total. The second-order valence-electron chi connectivity index (χ2n) is 5.77. The number of amides is 1. The minimum absolute atomic E-state index is 0.167. The predicted molar refractivity (Wildman–Crippen MR) is 76.9 cm³/mol. The highest BCUT2D eigenvalue weighted by Crippen LogP contribution is 2.32. The lowest BCUT2D eigenvalue weighted by Gasteiger charge is -2.33. The number of nitrogens with one attached hydrogen (secondary N) is 1. The van der Waals surface area contributed by atoms with Crippen molar-refractivity contribution in [3.05, 3.63) is 0 Å². The molecule has 1 atom stereocenters. The van der Waals surface area contributed by atoms with Crippen molar-refractivity contribution in [1.29, 1.82) is 0 Å². The Hall–Kier alpha value is -0.650. The molecule has 1 amide bonds. The molecule has 0 radical (unpaired) electrons. The van der Waals surface area contributed by atoms with E-state index < -0.39 is 0 Å². The van der Waals surface area contributed by atoms with Crippen LogP contribution in [-0.4, -0.2) is 67.6 Å². The molecule has 0 bridgehead atoms. The molecule has 2 fully saturated rings. The summed E-state index contributed by atoms with van der Waals surface area (Å²) in [6.45, 7) is 9.23. The summed E-state index contributed by atoms with van der Waals surface area (Å²) < 4.78 is 0. The van der Waals surface area contributed by atoms with Crippen LogP contribution in [0.3, 0.4) is 0 Å². The fourth-order valence-corrected chi connectivity index (χ4v) is 2.74. The maximum atomic E-state index is 11.9. The average molecular weight is 268 g/mol. The number of hydrogen-bond donors (Lipinski definition) is 2. The van der Waals surface area contributed by atoms with Gasteiger partial charge >= 0.3 is 0 Å². The number of likely N-dealkylation sites (N-methyl/N-ethyl adjacent to an activating group) is 1. The van der Waals surface area contributed by atoms with Crippen LogP contribution in [0, 0.1) is 5.92 Å². The van der Waals surface area contributed by atoms with Gasteiger partial charge < -0.3 is 20.9 Å². The molecule has 5 heteroatoms. The maximum absolute atomic E-state index is 11.9. The Morgan fingerprint density at radius 3 is 2.42 bits per heavy atom. The fraction of sp³-hybridized carbons (Fsp3) is 0.929. The Balaban J connectivity index is 1.61. The molecule has 1 aliphatic heterocycles. The molecular weight excluding hydrogens is 240 g/mol. The van der Waals surface area contributed by atoms with Crippen LogP contribution < -0.4 is 11.1 Å². The highest BCUT2D eigenvalue weighted by atomic mass is 16.1. The van der Waals surface area contributed by atoms with Crippen molar-refractivity contribution in [2.45, 2.75) is 32.2 Å². The van der Waals surface area contributed by atoms with E-state index in [-0.39, 0.29) is 11.9 Å². The first-order valence-electron chi connectivity index (χ1n) is 7.67.